The van der Waals surface area contributed by atoms with Gasteiger partial charge in [0.15, 0.2) is 5.82 Å². The predicted octanol–water partition coefficient (Wildman–Crippen LogP) is 3.85. The first-order chi connectivity index (χ1) is 15.1. The van der Waals surface area contributed by atoms with Crippen molar-refractivity contribution in [3.8, 4) is 11.1 Å². The number of carboxylic acid groups (broad SMARTS) is 1. The molecule has 2 N–H and O–H groups in total. The number of anilines is 1. The van der Waals surface area contributed by atoms with Crippen LogP contribution in [0.3, 0.4) is 0 Å². The highest BCUT2D eigenvalue weighted by Crippen LogP contribution is 2.25. The van der Waals surface area contributed by atoms with Gasteiger partial charge in [0.05, 0.1) is 22.3 Å². The van der Waals surface area contributed by atoms with Gasteiger partial charge in [-0.2, -0.15) is 0 Å². The summed E-state index contributed by atoms with van der Waals surface area (Å²) in [5.41, 5.74) is -0.320. The quantitative estimate of drug-likeness (QED) is 0.521. The Labute approximate surface area is 183 Å². The molecule has 0 aliphatic carbocycles. The van der Waals surface area contributed by atoms with Gasteiger partial charge in [0, 0.05) is 24.0 Å². The largest absolute Gasteiger partial charge is 0.478 e. The van der Waals surface area contributed by atoms with Gasteiger partial charge in [0.25, 0.3) is 10.0 Å². The summed E-state index contributed by atoms with van der Waals surface area (Å²) in [5.74, 6) is -3.65. The van der Waals surface area contributed by atoms with Crippen LogP contribution in [0, 0.1) is 11.6 Å². The molecule has 0 atom stereocenters. The summed E-state index contributed by atoms with van der Waals surface area (Å²) >= 11 is 0. The molecular weight excluding hydrogens is 444 g/mol. The van der Waals surface area contributed by atoms with Crippen LogP contribution in [0.4, 0.5) is 14.5 Å². The monoisotopic (exact) mass is 463 g/mol. The van der Waals surface area contributed by atoms with Crippen LogP contribution in [-0.2, 0) is 21.4 Å². The van der Waals surface area contributed by atoms with Crippen molar-refractivity contribution in [2.45, 2.75) is 31.5 Å². The van der Waals surface area contributed by atoms with Gasteiger partial charge in [-0.1, -0.05) is 12.1 Å². The Morgan fingerprint density at radius 3 is 2.25 bits per heavy atom. The van der Waals surface area contributed by atoms with E-state index in [9.17, 15) is 22.0 Å². The number of aromatic carboxylic acids is 1. The Bertz CT molecular complexity index is 1230. The second kappa shape index (κ2) is 9.37. The molecule has 0 saturated heterocycles. The number of halogens is 2. The predicted molar refractivity (Wildman–Crippen MR) is 112 cm³/mol. The molecule has 32 heavy (non-hydrogen) atoms. The van der Waals surface area contributed by atoms with Crippen LogP contribution in [0.5, 0.6) is 0 Å². The fourth-order valence-electron chi connectivity index (χ4n) is 2.64. The van der Waals surface area contributed by atoms with Crippen molar-refractivity contribution >= 4 is 21.7 Å². The minimum Gasteiger partial charge on any atom is -0.478 e. The number of nitrogens with one attached hydrogen (secondary N) is 1. The number of hydrogen-bond acceptors (Lipinski definition) is 6. The number of aromatic nitrogens is 2. The van der Waals surface area contributed by atoms with Gasteiger partial charge in [0.1, 0.15) is 18.2 Å². The minimum absolute atomic E-state index is 0.0430. The number of carboxylic acids is 1. The van der Waals surface area contributed by atoms with Gasteiger partial charge in [-0.05, 0) is 37.6 Å². The van der Waals surface area contributed by atoms with Crippen LogP contribution in [0.1, 0.15) is 30.0 Å². The molecule has 3 rings (SSSR count). The Morgan fingerprint density at radius 1 is 1.06 bits per heavy atom. The average molecular weight is 463 g/mol. The first kappa shape index (κ1) is 23.2. The second-order valence-corrected chi connectivity index (χ2v) is 8.68. The van der Waals surface area contributed by atoms with Crippen molar-refractivity contribution in [3.63, 3.8) is 0 Å². The van der Waals surface area contributed by atoms with Crippen molar-refractivity contribution in [1.29, 1.82) is 0 Å². The second-order valence-electron chi connectivity index (χ2n) is 6.99. The van der Waals surface area contributed by atoms with Gasteiger partial charge in [-0.15, -0.1) is 0 Å². The highest BCUT2D eigenvalue weighted by Gasteiger charge is 2.20. The van der Waals surface area contributed by atoms with Crippen LogP contribution < -0.4 is 4.72 Å². The van der Waals surface area contributed by atoms with Crippen molar-refractivity contribution in [1.82, 2.24) is 9.97 Å². The number of carbonyl (C=O) groups is 1. The summed E-state index contributed by atoms with van der Waals surface area (Å²) in [5, 5.41) is 8.81. The first-order valence-electron chi connectivity index (χ1n) is 9.35. The van der Waals surface area contributed by atoms with E-state index in [0.29, 0.717) is 29.1 Å². The molecule has 0 bridgehead atoms. The lowest BCUT2D eigenvalue weighted by Gasteiger charge is -2.11. The zero-order valence-corrected chi connectivity index (χ0v) is 17.9. The minimum atomic E-state index is -4.26. The van der Waals surface area contributed by atoms with Gasteiger partial charge in [0.2, 0.25) is 0 Å². The highest BCUT2D eigenvalue weighted by molar-refractivity contribution is 7.92. The Hall–Kier alpha value is -3.44. The lowest BCUT2D eigenvalue weighted by molar-refractivity contribution is 0.0612. The third kappa shape index (κ3) is 5.42. The van der Waals surface area contributed by atoms with Crippen LogP contribution in [0.25, 0.3) is 11.1 Å². The van der Waals surface area contributed by atoms with Crippen LogP contribution in [-0.4, -0.2) is 35.6 Å². The van der Waals surface area contributed by atoms with E-state index in [-0.39, 0.29) is 17.6 Å². The molecule has 1 aromatic heterocycles. The van der Waals surface area contributed by atoms with E-state index in [2.05, 4.69) is 9.97 Å². The van der Waals surface area contributed by atoms with E-state index < -0.39 is 38.9 Å². The molecule has 0 aliphatic rings. The van der Waals surface area contributed by atoms with E-state index in [0.717, 1.165) is 0 Å². The van der Waals surface area contributed by atoms with E-state index >= 15 is 0 Å². The maximum absolute atomic E-state index is 14.1. The zero-order valence-electron chi connectivity index (χ0n) is 17.0. The number of hydrogen-bond donors (Lipinski definition) is 2. The Balaban J connectivity index is 1.78. The molecule has 3 aromatic rings. The fraction of sp³-hybridized carbons (Fsp3) is 0.190. The standard InChI is InChI=1S/C21H19F2N3O5S/c1-12(2)31-11-20-24-9-14(10-25-20)13-3-5-15(6-4-13)32(29,30)26-19-8-17(22)16(21(27)28)7-18(19)23/h3-10,12,26H,11H2,1-2H3,(H,27,28). The third-order valence-corrected chi connectivity index (χ3v) is 5.66. The molecule has 8 nitrogen and oxygen atoms in total. The number of rotatable bonds is 8. The molecule has 0 aliphatic heterocycles. The average Bonchev–Trinajstić information content (AvgIpc) is 2.74. The third-order valence-electron chi connectivity index (χ3n) is 4.28. The summed E-state index contributed by atoms with van der Waals surface area (Å²) in [7, 11) is -4.26. The number of nitrogens with zero attached hydrogens (tertiary/aromatic N) is 2. The van der Waals surface area contributed by atoms with Crippen LogP contribution in [0.15, 0.2) is 53.7 Å². The molecule has 0 saturated carbocycles. The molecule has 0 spiro atoms. The number of ether oxygens (including phenoxy) is 1. The SMILES string of the molecule is CC(C)OCc1ncc(-c2ccc(S(=O)(=O)Nc3cc(F)c(C(=O)O)cc3F)cc2)cn1. The van der Waals surface area contributed by atoms with E-state index in [4.69, 9.17) is 9.84 Å². The molecule has 0 unspecified atom stereocenters. The summed E-state index contributed by atoms with van der Waals surface area (Å²) in [6.07, 6.45) is 3.20. The number of benzene rings is 2. The van der Waals surface area contributed by atoms with Gasteiger partial charge >= 0.3 is 5.97 Å². The lowest BCUT2D eigenvalue weighted by Crippen LogP contribution is -2.15. The summed E-state index contributed by atoms with van der Waals surface area (Å²) in [6, 6.07) is 6.49. The van der Waals surface area contributed by atoms with Crippen molar-refractivity contribution < 1.29 is 31.8 Å². The van der Waals surface area contributed by atoms with Crippen molar-refractivity contribution in [2.75, 3.05) is 4.72 Å². The zero-order chi connectivity index (χ0) is 23.5. The van der Waals surface area contributed by atoms with Gasteiger partial charge in [-0.25, -0.2) is 32.0 Å². The van der Waals surface area contributed by atoms with Gasteiger partial charge < -0.3 is 9.84 Å². The smallest absolute Gasteiger partial charge is 0.338 e. The highest BCUT2D eigenvalue weighted by atomic mass is 32.2. The Morgan fingerprint density at radius 2 is 1.69 bits per heavy atom. The van der Waals surface area contributed by atoms with E-state index in [1.807, 2.05) is 18.6 Å². The normalized spacial score (nSPS) is 11.5. The molecule has 168 valence electrons. The summed E-state index contributed by atoms with van der Waals surface area (Å²) < 4.78 is 60.3. The Kier molecular flexibility index (Phi) is 6.80. The van der Waals surface area contributed by atoms with Gasteiger partial charge in [-0.3, -0.25) is 4.72 Å². The topological polar surface area (TPSA) is 118 Å². The van der Waals surface area contributed by atoms with E-state index in [1.165, 1.54) is 24.3 Å². The van der Waals surface area contributed by atoms with E-state index in [1.54, 1.807) is 12.4 Å². The molecule has 0 fully saturated rings. The lowest BCUT2D eigenvalue weighted by atomic mass is 10.1. The van der Waals surface area contributed by atoms with Crippen LogP contribution >= 0.6 is 0 Å². The summed E-state index contributed by atoms with van der Waals surface area (Å²) in [4.78, 5) is 19.1. The fourth-order valence-corrected chi connectivity index (χ4v) is 3.70. The molecule has 0 radical (unpaired) electrons. The molecule has 0 amide bonds. The van der Waals surface area contributed by atoms with Crippen molar-refractivity contribution in [3.05, 3.63) is 71.8 Å². The van der Waals surface area contributed by atoms with Crippen LogP contribution in [0.2, 0.25) is 0 Å². The molecule has 11 heteroatoms. The molecular formula is C21H19F2N3O5S. The number of sulfonamides is 1. The summed E-state index contributed by atoms with van der Waals surface area (Å²) in [6.45, 7) is 4.06. The first-order valence-corrected chi connectivity index (χ1v) is 10.8. The maximum atomic E-state index is 14.1. The molecule has 2 aromatic carbocycles. The molecule has 1 heterocycles. The van der Waals surface area contributed by atoms with Crippen molar-refractivity contribution in [2.24, 2.45) is 0 Å². The maximum Gasteiger partial charge on any atom is 0.338 e.